The van der Waals surface area contributed by atoms with Crippen molar-refractivity contribution < 1.29 is 24.0 Å². The van der Waals surface area contributed by atoms with E-state index in [1.54, 1.807) is 0 Å². The zero-order valence-corrected chi connectivity index (χ0v) is 9.14. The number of nitrogens with zero attached hydrogens (tertiary/aromatic N) is 1. The van der Waals surface area contributed by atoms with Gasteiger partial charge >= 0.3 is 5.69 Å². The maximum absolute atomic E-state index is 12.7. The Morgan fingerprint density at radius 1 is 1.35 bits per heavy atom. The summed E-state index contributed by atoms with van der Waals surface area (Å²) < 4.78 is 12.7. The van der Waals surface area contributed by atoms with Crippen LogP contribution < -0.4 is 0 Å². The van der Waals surface area contributed by atoms with E-state index in [0.717, 1.165) is 19.1 Å². The molecule has 0 saturated heterocycles. The van der Waals surface area contributed by atoms with E-state index >= 15 is 0 Å². The minimum Gasteiger partial charge on any atom is -0.481 e. The molecule has 0 aliphatic rings. The summed E-state index contributed by atoms with van der Waals surface area (Å²) in [5.41, 5.74) is -0.541. The van der Waals surface area contributed by atoms with Gasteiger partial charge < -0.3 is 5.11 Å². The number of carboxylic acids is 1. The van der Waals surface area contributed by atoms with E-state index in [-0.39, 0.29) is 11.3 Å². The van der Waals surface area contributed by atoms with Gasteiger partial charge in [-0.15, -0.1) is 0 Å². The lowest BCUT2D eigenvalue weighted by atomic mass is 10.1. The van der Waals surface area contributed by atoms with E-state index in [9.17, 15) is 19.3 Å². The first kappa shape index (κ1) is 14.7. The molecule has 0 spiro atoms. The van der Waals surface area contributed by atoms with Gasteiger partial charge in [0.05, 0.1) is 4.92 Å². The lowest BCUT2D eigenvalue weighted by Crippen LogP contribution is -1.97. The predicted octanol–water partition coefficient (Wildman–Crippen LogP) is 2.03. The number of rotatable bonds is 2. The average molecular weight is 243 g/mol. The summed E-state index contributed by atoms with van der Waals surface area (Å²) in [5, 5.41) is 17.7. The standard InChI is InChI=1S/C8H6FNO3.C2H4O2/c1-5(11)6-2-3-7(9)8(4-6)10(12)13;1-2(3)4/h2-4H,1H3;1H3,(H,3,4). The lowest BCUT2D eigenvalue weighted by molar-refractivity contribution is -0.387. The van der Waals surface area contributed by atoms with Crippen LogP contribution in [0, 0.1) is 15.9 Å². The number of nitro groups is 1. The van der Waals surface area contributed by atoms with Crippen molar-refractivity contribution in [2.75, 3.05) is 0 Å². The van der Waals surface area contributed by atoms with Crippen molar-refractivity contribution in [3.05, 3.63) is 39.7 Å². The van der Waals surface area contributed by atoms with Crippen molar-refractivity contribution in [3.63, 3.8) is 0 Å². The summed E-state index contributed by atoms with van der Waals surface area (Å²) in [5.74, 6) is -2.10. The maximum atomic E-state index is 12.7. The quantitative estimate of drug-likeness (QED) is 0.486. The highest BCUT2D eigenvalue weighted by molar-refractivity contribution is 5.94. The molecule has 0 bridgehead atoms. The van der Waals surface area contributed by atoms with E-state index < -0.39 is 22.4 Å². The topological polar surface area (TPSA) is 97.5 Å². The third kappa shape index (κ3) is 5.36. The molecule has 0 heterocycles. The van der Waals surface area contributed by atoms with Crippen molar-refractivity contribution >= 4 is 17.4 Å². The van der Waals surface area contributed by atoms with Crippen LogP contribution in [0.5, 0.6) is 0 Å². The van der Waals surface area contributed by atoms with Crippen LogP contribution in [0.25, 0.3) is 0 Å². The molecular weight excluding hydrogens is 233 g/mol. The van der Waals surface area contributed by atoms with Gasteiger partial charge in [-0.2, -0.15) is 4.39 Å². The van der Waals surface area contributed by atoms with E-state index in [2.05, 4.69) is 0 Å². The van der Waals surface area contributed by atoms with Gasteiger partial charge in [0.2, 0.25) is 5.82 Å². The van der Waals surface area contributed by atoms with Gasteiger partial charge in [-0.1, -0.05) is 0 Å². The summed E-state index contributed by atoms with van der Waals surface area (Å²) in [6, 6.07) is 3.05. The van der Waals surface area contributed by atoms with Crippen LogP contribution in [0.4, 0.5) is 10.1 Å². The van der Waals surface area contributed by atoms with E-state index in [0.29, 0.717) is 0 Å². The average Bonchev–Trinajstić information content (AvgIpc) is 2.16. The predicted molar refractivity (Wildman–Crippen MR) is 56.4 cm³/mol. The fraction of sp³-hybridized carbons (Fsp3) is 0.200. The molecule has 17 heavy (non-hydrogen) atoms. The first-order valence-corrected chi connectivity index (χ1v) is 4.40. The number of aliphatic carboxylic acids is 1. The second kappa shape index (κ2) is 6.31. The first-order valence-electron chi connectivity index (χ1n) is 4.40. The molecule has 0 aromatic heterocycles. The van der Waals surface area contributed by atoms with Crippen LogP contribution >= 0.6 is 0 Å². The molecule has 0 amide bonds. The lowest BCUT2D eigenvalue weighted by Gasteiger charge is -1.96. The fourth-order valence-electron chi connectivity index (χ4n) is 0.872. The number of carboxylic acid groups (broad SMARTS) is 1. The van der Waals surface area contributed by atoms with Crippen LogP contribution in [-0.4, -0.2) is 21.8 Å². The molecule has 0 unspecified atom stereocenters. The highest BCUT2D eigenvalue weighted by Gasteiger charge is 2.15. The maximum Gasteiger partial charge on any atom is 0.305 e. The number of hydrogen-bond acceptors (Lipinski definition) is 4. The fourth-order valence-corrected chi connectivity index (χ4v) is 0.872. The Bertz CT molecular complexity index is 454. The molecule has 1 rings (SSSR count). The molecule has 1 N–H and O–H groups in total. The van der Waals surface area contributed by atoms with Gasteiger partial charge in [0.25, 0.3) is 5.97 Å². The van der Waals surface area contributed by atoms with Crippen molar-refractivity contribution in [1.82, 2.24) is 0 Å². The Balaban J connectivity index is 0.000000557. The Labute approximate surface area is 95.8 Å². The molecule has 0 fully saturated rings. The number of nitro benzene ring substituents is 1. The zero-order valence-electron chi connectivity index (χ0n) is 9.14. The number of ketones is 1. The summed E-state index contributed by atoms with van der Waals surface area (Å²) >= 11 is 0. The van der Waals surface area contributed by atoms with Crippen molar-refractivity contribution in [1.29, 1.82) is 0 Å². The Morgan fingerprint density at radius 2 is 1.82 bits per heavy atom. The van der Waals surface area contributed by atoms with Crippen LogP contribution in [-0.2, 0) is 4.79 Å². The van der Waals surface area contributed by atoms with Gasteiger partial charge in [0.15, 0.2) is 5.78 Å². The van der Waals surface area contributed by atoms with E-state index in [1.165, 1.54) is 13.0 Å². The summed E-state index contributed by atoms with van der Waals surface area (Å²) in [4.78, 5) is 29.2. The molecule has 7 heteroatoms. The van der Waals surface area contributed by atoms with E-state index in [1.807, 2.05) is 0 Å². The number of carbonyl (C=O) groups excluding carboxylic acids is 1. The van der Waals surface area contributed by atoms with Gasteiger partial charge in [-0.05, 0) is 19.1 Å². The summed E-state index contributed by atoms with van der Waals surface area (Å²) in [6.07, 6.45) is 0. The Morgan fingerprint density at radius 3 is 2.18 bits per heavy atom. The second-order valence-electron chi connectivity index (χ2n) is 3.00. The minimum absolute atomic E-state index is 0.133. The highest BCUT2D eigenvalue weighted by atomic mass is 19.1. The summed E-state index contributed by atoms with van der Waals surface area (Å²) in [7, 11) is 0. The van der Waals surface area contributed by atoms with Crippen LogP contribution in [0.2, 0.25) is 0 Å². The van der Waals surface area contributed by atoms with Crippen molar-refractivity contribution in [2.24, 2.45) is 0 Å². The molecule has 0 radical (unpaired) electrons. The van der Waals surface area contributed by atoms with Gasteiger partial charge in [-0.3, -0.25) is 19.7 Å². The van der Waals surface area contributed by atoms with Gasteiger partial charge in [-0.25, -0.2) is 0 Å². The normalized spacial score (nSPS) is 8.88. The molecule has 0 atom stereocenters. The number of halogens is 1. The van der Waals surface area contributed by atoms with Gasteiger partial charge in [0.1, 0.15) is 0 Å². The zero-order chi connectivity index (χ0) is 13.6. The number of Topliss-reactive ketones (excluding diaryl/α,β-unsaturated/α-hetero) is 1. The Kier molecular flexibility index (Phi) is 5.45. The molecular formula is C10H10FNO5. The largest absolute Gasteiger partial charge is 0.481 e. The van der Waals surface area contributed by atoms with E-state index in [4.69, 9.17) is 9.90 Å². The Hall–Kier alpha value is -2.31. The highest BCUT2D eigenvalue weighted by Crippen LogP contribution is 2.18. The molecule has 1 aromatic carbocycles. The number of benzene rings is 1. The molecule has 92 valence electrons. The first-order chi connectivity index (χ1) is 7.75. The molecule has 0 aliphatic carbocycles. The number of carbonyl (C=O) groups is 2. The van der Waals surface area contributed by atoms with Crippen LogP contribution in [0.1, 0.15) is 24.2 Å². The smallest absolute Gasteiger partial charge is 0.305 e. The molecule has 0 aliphatic heterocycles. The third-order valence-electron chi connectivity index (χ3n) is 1.55. The minimum atomic E-state index is -0.935. The van der Waals surface area contributed by atoms with Gasteiger partial charge in [0, 0.05) is 18.6 Å². The van der Waals surface area contributed by atoms with Crippen molar-refractivity contribution in [3.8, 4) is 0 Å². The molecule has 1 aromatic rings. The monoisotopic (exact) mass is 243 g/mol. The molecule has 6 nitrogen and oxygen atoms in total. The second-order valence-corrected chi connectivity index (χ2v) is 3.00. The summed E-state index contributed by atoms with van der Waals surface area (Å²) in [6.45, 7) is 2.34. The molecule has 0 saturated carbocycles. The third-order valence-corrected chi connectivity index (χ3v) is 1.55. The van der Waals surface area contributed by atoms with Crippen molar-refractivity contribution in [2.45, 2.75) is 13.8 Å². The SMILES string of the molecule is CC(=O)O.CC(=O)c1ccc(F)c([N+](=O)[O-])c1. The van der Waals surface area contributed by atoms with Crippen LogP contribution in [0.3, 0.4) is 0 Å². The van der Waals surface area contributed by atoms with Crippen LogP contribution in [0.15, 0.2) is 18.2 Å². The number of hydrogen-bond donors (Lipinski definition) is 1.